The topological polar surface area (TPSA) is 93.7 Å². The molecular weight excluding hydrogens is 384 g/mol. The Bertz CT molecular complexity index is 883. The molecule has 0 fully saturated rings. The summed E-state index contributed by atoms with van der Waals surface area (Å²) in [7, 11) is 0. The Morgan fingerprint density at radius 2 is 1.43 bits per heavy atom. The number of carbonyl (C=O) groups excluding carboxylic acids is 3. The van der Waals surface area contributed by atoms with Crippen LogP contribution in [0.5, 0.6) is 5.75 Å². The molecule has 0 heterocycles. The fraction of sp³-hybridized carbons (Fsp3) is 0.348. The van der Waals surface area contributed by atoms with Gasteiger partial charge in [-0.2, -0.15) is 0 Å². The molecule has 1 atom stereocenters. The normalized spacial score (nSPS) is 11.9. The molecule has 0 aliphatic rings. The third-order valence-electron chi connectivity index (χ3n) is 4.20. The monoisotopic (exact) mass is 412 g/mol. The van der Waals surface area contributed by atoms with Gasteiger partial charge in [-0.15, -0.1) is 0 Å². The summed E-state index contributed by atoms with van der Waals surface area (Å²) < 4.78 is 10.6. The zero-order valence-electron chi connectivity index (χ0n) is 17.9. The SMILES string of the molecule is CC(=O)Nc1ccc(NC(=O)COC(=O)[C@@H](C)Oc2ccc(C(C)(C)C)cc2)cc1. The van der Waals surface area contributed by atoms with Gasteiger partial charge in [0.2, 0.25) is 5.91 Å². The van der Waals surface area contributed by atoms with E-state index in [9.17, 15) is 14.4 Å². The number of rotatable bonds is 7. The summed E-state index contributed by atoms with van der Waals surface area (Å²) in [5.74, 6) is -0.736. The molecule has 0 unspecified atom stereocenters. The Labute approximate surface area is 176 Å². The van der Waals surface area contributed by atoms with Crippen LogP contribution in [0.3, 0.4) is 0 Å². The van der Waals surface area contributed by atoms with Gasteiger partial charge in [0.05, 0.1) is 0 Å². The van der Waals surface area contributed by atoms with Gasteiger partial charge in [0.1, 0.15) is 5.75 Å². The maximum Gasteiger partial charge on any atom is 0.347 e. The molecule has 0 saturated carbocycles. The van der Waals surface area contributed by atoms with Crippen LogP contribution in [0.2, 0.25) is 0 Å². The highest BCUT2D eigenvalue weighted by atomic mass is 16.6. The van der Waals surface area contributed by atoms with E-state index in [1.807, 2.05) is 24.3 Å². The molecule has 7 nitrogen and oxygen atoms in total. The average Bonchev–Trinajstić information content (AvgIpc) is 2.67. The largest absolute Gasteiger partial charge is 0.479 e. The lowest BCUT2D eigenvalue weighted by Crippen LogP contribution is -2.29. The van der Waals surface area contributed by atoms with Crippen molar-refractivity contribution in [2.24, 2.45) is 0 Å². The van der Waals surface area contributed by atoms with Crippen molar-refractivity contribution in [1.82, 2.24) is 0 Å². The highest BCUT2D eigenvalue weighted by Crippen LogP contribution is 2.24. The van der Waals surface area contributed by atoms with E-state index in [4.69, 9.17) is 9.47 Å². The summed E-state index contributed by atoms with van der Waals surface area (Å²) >= 11 is 0. The Morgan fingerprint density at radius 1 is 0.900 bits per heavy atom. The van der Waals surface area contributed by atoms with E-state index >= 15 is 0 Å². The van der Waals surface area contributed by atoms with E-state index in [-0.39, 0.29) is 11.3 Å². The van der Waals surface area contributed by atoms with Crippen LogP contribution in [0.4, 0.5) is 11.4 Å². The molecule has 160 valence electrons. The van der Waals surface area contributed by atoms with Gasteiger partial charge in [0.15, 0.2) is 12.7 Å². The van der Waals surface area contributed by atoms with Gasteiger partial charge in [-0.05, 0) is 54.3 Å². The van der Waals surface area contributed by atoms with E-state index in [1.54, 1.807) is 31.2 Å². The second kappa shape index (κ2) is 9.91. The molecule has 2 rings (SSSR count). The van der Waals surface area contributed by atoms with Gasteiger partial charge in [-0.3, -0.25) is 9.59 Å². The third kappa shape index (κ3) is 7.24. The van der Waals surface area contributed by atoms with Gasteiger partial charge < -0.3 is 20.1 Å². The number of anilines is 2. The first-order chi connectivity index (χ1) is 14.0. The highest BCUT2D eigenvalue weighted by Gasteiger charge is 2.19. The third-order valence-corrected chi connectivity index (χ3v) is 4.20. The maximum atomic E-state index is 12.1. The Kier molecular flexibility index (Phi) is 7.58. The van der Waals surface area contributed by atoms with Crippen LogP contribution in [0.1, 0.15) is 40.2 Å². The number of esters is 1. The van der Waals surface area contributed by atoms with E-state index < -0.39 is 24.6 Å². The number of nitrogens with one attached hydrogen (secondary N) is 2. The molecule has 2 aromatic carbocycles. The summed E-state index contributed by atoms with van der Waals surface area (Å²) in [6, 6.07) is 14.1. The molecule has 2 amide bonds. The standard InChI is InChI=1S/C23H28N2O5/c1-15(30-20-12-6-17(7-13-20)23(3,4)5)22(28)29-14-21(27)25-19-10-8-18(9-11-19)24-16(2)26/h6-13,15H,14H2,1-5H3,(H,24,26)(H,25,27)/t15-/m1/s1. The minimum absolute atomic E-state index is 0.0285. The lowest BCUT2D eigenvalue weighted by Gasteiger charge is -2.20. The van der Waals surface area contributed by atoms with Crippen molar-refractivity contribution in [2.75, 3.05) is 17.2 Å². The molecule has 0 aliphatic carbocycles. The molecule has 2 aromatic rings. The smallest absolute Gasteiger partial charge is 0.347 e. The highest BCUT2D eigenvalue weighted by molar-refractivity contribution is 5.94. The van der Waals surface area contributed by atoms with Crippen molar-refractivity contribution < 1.29 is 23.9 Å². The summed E-state index contributed by atoms with van der Waals surface area (Å²) in [6.45, 7) is 8.90. The van der Waals surface area contributed by atoms with Crippen LogP contribution in [-0.4, -0.2) is 30.5 Å². The predicted octanol–water partition coefficient (Wildman–Crippen LogP) is 3.89. The molecule has 2 N–H and O–H groups in total. The summed E-state index contributed by atoms with van der Waals surface area (Å²) in [6.07, 6.45) is -0.852. The molecule has 0 aliphatic heterocycles. The Hall–Kier alpha value is -3.35. The molecule has 0 bridgehead atoms. The Morgan fingerprint density at radius 3 is 1.93 bits per heavy atom. The van der Waals surface area contributed by atoms with E-state index in [0.29, 0.717) is 17.1 Å². The molecule has 0 aromatic heterocycles. The van der Waals surface area contributed by atoms with Crippen LogP contribution in [-0.2, 0) is 24.5 Å². The number of benzene rings is 2. The minimum atomic E-state index is -0.852. The maximum absolute atomic E-state index is 12.1. The van der Waals surface area contributed by atoms with Crippen molar-refractivity contribution in [2.45, 2.75) is 46.1 Å². The zero-order valence-corrected chi connectivity index (χ0v) is 17.9. The van der Waals surface area contributed by atoms with E-state index in [2.05, 4.69) is 31.4 Å². The number of amides is 2. The van der Waals surface area contributed by atoms with Crippen LogP contribution in [0, 0.1) is 0 Å². The average molecular weight is 412 g/mol. The van der Waals surface area contributed by atoms with E-state index in [0.717, 1.165) is 5.56 Å². The van der Waals surface area contributed by atoms with Crippen LogP contribution >= 0.6 is 0 Å². The lowest BCUT2D eigenvalue weighted by atomic mass is 9.87. The molecule has 0 spiro atoms. The van der Waals surface area contributed by atoms with Gasteiger partial charge in [0.25, 0.3) is 5.91 Å². The number of hydrogen-bond acceptors (Lipinski definition) is 5. The number of carbonyl (C=O) groups is 3. The second-order valence-electron chi connectivity index (χ2n) is 7.95. The first kappa shape index (κ1) is 22.9. The van der Waals surface area contributed by atoms with Crippen LogP contribution in [0.25, 0.3) is 0 Å². The summed E-state index contributed by atoms with van der Waals surface area (Å²) in [4.78, 5) is 35.1. The summed E-state index contributed by atoms with van der Waals surface area (Å²) in [5.41, 5.74) is 2.33. The van der Waals surface area contributed by atoms with Crippen molar-refractivity contribution in [1.29, 1.82) is 0 Å². The van der Waals surface area contributed by atoms with Gasteiger partial charge in [-0.25, -0.2) is 4.79 Å². The zero-order chi connectivity index (χ0) is 22.3. The second-order valence-corrected chi connectivity index (χ2v) is 7.95. The predicted molar refractivity (Wildman–Crippen MR) is 116 cm³/mol. The first-order valence-corrected chi connectivity index (χ1v) is 9.66. The van der Waals surface area contributed by atoms with Gasteiger partial charge in [-0.1, -0.05) is 32.9 Å². The van der Waals surface area contributed by atoms with Gasteiger partial charge in [0, 0.05) is 18.3 Å². The van der Waals surface area contributed by atoms with E-state index in [1.165, 1.54) is 6.92 Å². The van der Waals surface area contributed by atoms with Crippen molar-refractivity contribution >= 4 is 29.2 Å². The van der Waals surface area contributed by atoms with Gasteiger partial charge >= 0.3 is 5.97 Å². The fourth-order valence-corrected chi connectivity index (χ4v) is 2.58. The molecule has 30 heavy (non-hydrogen) atoms. The quantitative estimate of drug-likeness (QED) is 0.673. The summed E-state index contributed by atoms with van der Waals surface area (Å²) in [5, 5.41) is 5.25. The Balaban J connectivity index is 1.80. The minimum Gasteiger partial charge on any atom is -0.479 e. The molecule has 0 radical (unpaired) electrons. The van der Waals surface area contributed by atoms with Crippen molar-refractivity contribution in [3.8, 4) is 5.75 Å². The van der Waals surface area contributed by atoms with Crippen LogP contribution < -0.4 is 15.4 Å². The molecule has 7 heteroatoms. The number of ether oxygens (including phenoxy) is 2. The number of hydrogen-bond donors (Lipinski definition) is 2. The molecule has 0 saturated heterocycles. The molecular formula is C23H28N2O5. The first-order valence-electron chi connectivity index (χ1n) is 9.66. The lowest BCUT2D eigenvalue weighted by molar-refractivity contribution is -0.153. The van der Waals surface area contributed by atoms with Crippen molar-refractivity contribution in [3.05, 3.63) is 54.1 Å². The van der Waals surface area contributed by atoms with Crippen LogP contribution in [0.15, 0.2) is 48.5 Å². The fourth-order valence-electron chi connectivity index (χ4n) is 2.58. The van der Waals surface area contributed by atoms with Crippen molar-refractivity contribution in [3.63, 3.8) is 0 Å².